The molecule has 0 saturated carbocycles. The molecule has 0 aromatic carbocycles. The van der Waals surface area contributed by atoms with Crippen LogP contribution in [0.2, 0.25) is 0 Å². The van der Waals surface area contributed by atoms with Gasteiger partial charge in [0.25, 0.3) is 5.22 Å². The van der Waals surface area contributed by atoms with Gasteiger partial charge in [-0.25, -0.2) is 9.97 Å². The third-order valence-corrected chi connectivity index (χ3v) is 2.80. The first-order valence-corrected chi connectivity index (χ1v) is 6.11. The van der Waals surface area contributed by atoms with Crippen LogP contribution in [0.5, 0.6) is 0 Å². The molecule has 2 aromatic heterocycles. The Kier molecular flexibility index (Phi) is 3.58. The van der Waals surface area contributed by atoms with Crippen molar-refractivity contribution in [3.05, 3.63) is 23.5 Å². The SMILES string of the molecule is CNc1cc(C)nc(CSc2nnc(C)o2)n1. The van der Waals surface area contributed by atoms with E-state index in [2.05, 4.69) is 25.5 Å². The predicted molar refractivity (Wildman–Crippen MR) is 64.9 cm³/mol. The van der Waals surface area contributed by atoms with Crippen LogP contribution < -0.4 is 5.32 Å². The molecule has 6 nitrogen and oxygen atoms in total. The maximum absolute atomic E-state index is 5.26. The topological polar surface area (TPSA) is 76.7 Å². The Morgan fingerprint density at radius 2 is 2.12 bits per heavy atom. The molecule has 0 bridgehead atoms. The molecule has 0 spiro atoms. The van der Waals surface area contributed by atoms with Gasteiger partial charge in [0.15, 0.2) is 0 Å². The molecule has 0 aliphatic heterocycles. The minimum absolute atomic E-state index is 0.540. The third kappa shape index (κ3) is 3.16. The summed E-state index contributed by atoms with van der Waals surface area (Å²) < 4.78 is 5.26. The van der Waals surface area contributed by atoms with E-state index in [9.17, 15) is 0 Å². The second-order valence-corrected chi connectivity index (χ2v) is 4.36. The second-order valence-electron chi connectivity index (χ2n) is 3.44. The van der Waals surface area contributed by atoms with E-state index in [1.807, 2.05) is 20.0 Å². The smallest absolute Gasteiger partial charge is 0.277 e. The number of thioether (sulfide) groups is 1. The second kappa shape index (κ2) is 5.13. The van der Waals surface area contributed by atoms with Crippen LogP contribution in [0, 0.1) is 13.8 Å². The van der Waals surface area contributed by atoms with Gasteiger partial charge < -0.3 is 9.73 Å². The highest BCUT2D eigenvalue weighted by molar-refractivity contribution is 7.98. The fourth-order valence-corrected chi connectivity index (χ4v) is 1.95. The lowest BCUT2D eigenvalue weighted by atomic mass is 10.4. The predicted octanol–water partition coefficient (Wildman–Crippen LogP) is 1.81. The molecular formula is C10H13N5OS. The quantitative estimate of drug-likeness (QED) is 0.830. The van der Waals surface area contributed by atoms with Gasteiger partial charge in [0, 0.05) is 25.7 Å². The van der Waals surface area contributed by atoms with Crippen LogP contribution in [0.15, 0.2) is 15.7 Å². The number of hydrogen-bond donors (Lipinski definition) is 1. The van der Waals surface area contributed by atoms with Crippen molar-refractivity contribution in [1.29, 1.82) is 0 Å². The molecule has 1 N–H and O–H groups in total. The van der Waals surface area contributed by atoms with E-state index in [4.69, 9.17) is 4.42 Å². The standard InChI is InChI=1S/C10H13N5OS/c1-6-4-8(11-3)13-9(12-6)5-17-10-15-14-7(2)16-10/h4H,5H2,1-3H3,(H,11,12,13). The van der Waals surface area contributed by atoms with Gasteiger partial charge in [-0.2, -0.15) is 0 Å². The van der Waals surface area contributed by atoms with Gasteiger partial charge in [0.05, 0.1) is 5.75 Å². The van der Waals surface area contributed by atoms with E-state index >= 15 is 0 Å². The highest BCUT2D eigenvalue weighted by Crippen LogP contribution is 2.20. The van der Waals surface area contributed by atoms with E-state index in [1.54, 1.807) is 6.92 Å². The average Bonchev–Trinajstić information content (AvgIpc) is 2.72. The van der Waals surface area contributed by atoms with E-state index in [1.165, 1.54) is 11.8 Å². The van der Waals surface area contributed by atoms with Gasteiger partial charge in [-0.15, -0.1) is 10.2 Å². The molecule has 0 atom stereocenters. The third-order valence-electron chi connectivity index (χ3n) is 1.99. The van der Waals surface area contributed by atoms with E-state index in [-0.39, 0.29) is 0 Å². The molecule has 7 heteroatoms. The molecule has 2 heterocycles. The Morgan fingerprint density at radius 1 is 1.29 bits per heavy atom. The van der Waals surface area contributed by atoms with Crippen LogP contribution in [0.1, 0.15) is 17.4 Å². The molecule has 2 rings (SSSR count). The summed E-state index contributed by atoms with van der Waals surface area (Å²) in [5.74, 6) is 2.73. The first kappa shape index (κ1) is 11.8. The van der Waals surface area contributed by atoms with Gasteiger partial charge >= 0.3 is 0 Å². The number of rotatable bonds is 4. The van der Waals surface area contributed by atoms with Crippen molar-refractivity contribution in [1.82, 2.24) is 20.2 Å². The summed E-state index contributed by atoms with van der Waals surface area (Å²) in [4.78, 5) is 8.68. The molecular weight excluding hydrogens is 238 g/mol. The Hall–Kier alpha value is -1.63. The zero-order valence-electron chi connectivity index (χ0n) is 9.89. The van der Waals surface area contributed by atoms with Crippen LogP contribution in [0.4, 0.5) is 5.82 Å². The first-order valence-electron chi connectivity index (χ1n) is 5.12. The molecule has 0 saturated heterocycles. The summed E-state index contributed by atoms with van der Waals surface area (Å²) in [6.45, 7) is 3.70. The Labute approximate surface area is 103 Å². The van der Waals surface area contributed by atoms with Gasteiger partial charge in [0.1, 0.15) is 11.6 Å². The summed E-state index contributed by atoms with van der Waals surface area (Å²) in [5.41, 5.74) is 0.932. The average molecular weight is 251 g/mol. The number of nitrogens with one attached hydrogen (secondary N) is 1. The highest BCUT2D eigenvalue weighted by Gasteiger charge is 2.06. The number of aromatic nitrogens is 4. The Morgan fingerprint density at radius 3 is 2.76 bits per heavy atom. The van der Waals surface area contributed by atoms with E-state index in [0.29, 0.717) is 16.9 Å². The van der Waals surface area contributed by atoms with Gasteiger partial charge in [0.2, 0.25) is 5.89 Å². The number of anilines is 1. The lowest BCUT2D eigenvalue weighted by Crippen LogP contribution is -2.00. The van der Waals surface area contributed by atoms with Crippen LogP contribution in [-0.2, 0) is 5.75 Å². The van der Waals surface area contributed by atoms with Crippen LogP contribution in [-0.4, -0.2) is 27.2 Å². The van der Waals surface area contributed by atoms with Gasteiger partial charge in [-0.05, 0) is 6.92 Å². The maximum Gasteiger partial charge on any atom is 0.277 e. The van der Waals surface area contributed by atoms with Crippen molar-refractivity contribution in [2.45, 2.75) is 24.8 Å². The van der Waals surface area contributed by atoms with Crippen molar-refractivity contribution in [3.8, 4) is 0 Å². The monoisotopic (exact) mass is 251 g/mol. The largest absolute Gasteiger partial charge is 0.416 e. The summed E-state index contributed by atoms with van der Waals surface area (Å²) >= 11 is 1.43. The summed E-state index contributed by atoms with van der Waals surface area (Å²) in [5, 5.41) is 11.2. The first-order chi connectivity index (χ1) is 8.17. The molecule has 2 aromatic rings. The molecule has 0 fully saturated rings. The Bertz CT molecular complexity index is 513. The molecule has 0 aliphatic rings. The number of aryl methyl sites for hydroxylation is 2. The van der Waals surface area contributed by atoms with Gasteiger partial charge in [-0.3, -0.25) is 0 Å². The van der Waals surface area contributed by atoms with E-state index in [0.717, 1.165) is 17.3 Å². The summed E-state index contributed by atoms with van der Waals surface area (Å²) in [7, 11) is 1.83. The van der Waals surface area contributed by atoms with Crippen molar-refractivity contribution < 1.29 is 4.42 Å². The summed E-state index contributed by atoms with van der Waals surface area (Å²) in [6.07, 6.45) is 0. The minimum Gasteiger partial charge on any atom is -0.416 e. The molecule has 0 radical (unpaired) electrons. The lowest BCUT2D eigenvalue weighted by Gasteiger charge is -2.03. The highest BCUT2D eigenvalue weighted by atomic mass is 32.2. The van der Waals surface area contributed by atoms with E-state index < -0.39 is 0 Å². The Balaban J connectivity index is 2.05. The number of hydrogen-bond acceptors (Lipinski definition) is 7. The number of nitrogens with zero attached hydrogens (tertiary/aromatic N) is 4. The molecule has 0 aliphatic carbocycles. The van der Waals surface area contributed by atoms with Gasteiger partial charge in [-0.1, -0.05) is 11.8 Å². The lowest BCUT2D eigenvalue weighted by molar-refractivity contribution is 0.429. The molecule has 0 unspecified atom stereocenters. The van der Waals surface area contributed by atoms with Crippen molar-refractivity contribution in [2.75, 3.05) is 12.4 Å². The zero-order valence-corrected chi connectivity index (χ0v) is 10.7. The molecule has 90 valence electrons. The van der Waals surface area contributed by atoms with Crippen LogP contribution in [0.25, 0.3) is 0 Å². The zero-order chi connectivity index (χ0) is 12.3. The van der Waals surface area contributed by atoms with Crippen LogP contribution in [0.3, 0.4) is 0 Å². The van der Waals surface area contributed by atoms with Crippen molar-refractivity contribution in [2.24, 2.45) is 0 Å². The van der Waals surface area contributed by atoms with Crippen molar-refractivity contribution >= 4 is 17.6 Å². The molecule has 17 heavy (non-hydrogen) atoms. The summed E-state index contributed by atoms with van der Waals surface area (Å²) in [6, 6.07) is 1.89. The minimum atomic E-state index is 0.540. The fraction of sp³-hybridized carbons (Fsp3) is 0.400. The molecule has 0 amide bonds. The maximum atomic E-state index is 5.26. The normalized spacial score (nSPS) is 10.5. The fourth-order valence-electron chi connectivity index (χ4n) is 1.29. The van der Waals surface area contributed by atoms with Crippen LogP contribution >= 0.6 is 11.8 Å². The van der Waals surface area contributed by atoms with Crippen molar-refractivity contribution in [3.63, 3.8) is 0 Å².